The molecule has 0 spiro atoms. The minimum absolute atomic E-state index is 0.0952. The van der Waals surface area contributed by atoms with Crippen molar-refractivity contribution in [1.29, 1.82) is 0 Å². The van der Waals surface area contributed by atoms with Crippen LogP contribution in [0, 0.1) is 6.92 Å². The van der Waals surface area contributed by atoms with Gasteiger partial charge >= 0.3 is 5.97 Å². The van der Waals surface area contributed by atoms with Crippen LogP contribution in [0.3, 0.4) is 0 Å². The van der Waals surface area contributed by atoms with Gasteiger partial charge in [0, 0.05) is 22.5 Å². The average Bonchev–Trinajstić information content (AvgIpc) is 3.45. The Morgan fingerprint density at radius 3 is 2.53 bits per heavy atom. The highest BCUT2D eigenvalue weighted by Gasteiger charge is 2.22. The Morgan fingerprint density at radius 1 is 1.11 bits per heavy atom. The number of hydrogen-bond donors (Lipinski definition) is 1. The number of rotatable bonds is 9. The van der Waals surface area contributed by atoms with Crippen LogP contribution in [0.2, 0.25) is 0 Å². The number of carbonyl (C=O) groups is 2. The molecule has 186 valence electrons. The maximum Gasteiger partial charge on any atom is 0.341 e. The second-order valence-electron chi connectivity index (χ2n) is 7.75. The molecule has 0 saturated carbocycles. The number of benzene rings is 2. The first-order chi connectivity index (χ1) is 17.4. The zero-order chi connectivity index (χ0) is 25.7. The predicted molar refractivity (Wildman–Crippen MR) is 145 cm³/mol. The fourth-order valence-electron chi connectivity index (χ4n) is 3.27. The van der Waals surface area contributed by atoms with Crippen LogP contribution in [0.4, 0.5) is 5.00 Å². The monoisotopic (exact) mass is 586 g/mol. The van der Waals surface area contributed by atoms with Crippen molar-refractivity contribution in [3.63, 3.8) is 0 Å². The summed E-state index contributed by atoms with van der Waals surface area (Å²) in [5.74, 6) is 0.682. The van der Waals surface area contributed by atoms with Gasteiger partial charge in [-0.1, -0.05) is 57.5 Å². The first-order valence-corrected chi connectivity index (χ1v) is 13.5. The topological polar surface area (TPSA) is 95.3 Å². The van der Waals surface area contributed by atoms with E-state index in [0.29, 0.717) is 21.5 Å². The van der Waals surface area contributed by atoms with E-state index >= 15 is 0 Å². The number of aryl methyl sites for hydroxylation is 1. The summed E-state index contributed by atoms with van der Waals surface area (Å²) < 4.78 is 13.5. The molecule has 4 rings (SSSR count). The molecule has 0 fully saturated rings. The molecule has 8 nitrogen and oxygen atoms in total. The molecule has 1 amide bonds. The minimum Gasteiger partial charge on any atom is -0.486 e. The highest BCUT2D eigenvalue weighted by molar-refractivity contribution is 9.10. The van der Waals surface area contributed by atoms with Crippen molar-refractivity contribution < 1.29 is 19.1 Å². The van der Waals surface area contributed by atoms with Crippen LogP contribution < -0.4 is 10.1 Å². The number of nitrogens with zero attached hydrogens (tertiary/aromatic N) is 3. The van der Waals surface area contributed by atoms with Gasteiger partial charge in [-0.3, -0.25) is 4.79 Å². The molecule has 0 saturated heterocycles. The molecule has 0 bridgehead atoms. The molecule has 0 atom stereocenters. The number of esters is 1. The van der Waals surface area contributed by atoms with E-state index in [1.807, 2.05) is 67.9 Å². The number of ether oxygens (including phenoxy) is 2. The number of methoxy groups -OCH3 is 1. The fourth-order valence-corrected chi connectivity index (χ4v) is 5.24. The molecule has 2 aromatic carbocycles. The van der Waals surface area contributed by atoms with Gasteiger partial charge in [0.05, 0.1) is 12.9 Å². The summed E-state index contributed by atoms with van der Waals surface area (Å²) in [7, 11) is 3.15. The number of nitrogens with one attached hydrogen (secondary N) is 1. The van der Waals surface area contributed by atoms with Gasteiger partial charge < -0.3 is 19.4 Å². The van der Waals surface area contributed by atoms with Crippen LogP contribution in [0.5, 0.6) is 5.75 Å². The number of amides is 1. The van der Waals surface area contributed by atoms with Gasteiger partial charge in [0.15, 0.2) is 11.0 Å². The van der Waals surface area contributed by atoms with Gasteiger partial charge in [-0.15, -0.1) is 21.5 Å². The normalized spacial score (nSPS) is 10.8. The molecule has 0 unspecified atom stereocenters. The van der Waals surface area contributed by atoms with E-state index in [-0.39, 0.29) is 18.3 Å². The van der Waals surface area contributed by atoms with Gasteiger partial charge in [0.1, 0.15) is 22.9 Å². The van der Waals surface area contributed by atoms with Gasteiger partial charge in [-0.25, -0.2) is 4.79 Å². The summed E-state index contributed by atoms with van der Waals surface area (Å²) in [5.41, 5.74) is 3.06. The number of anilines is 1. The van der Waals surface area contributed by atoms with Crippen LogP contribution in [0.25, 0.3) is 11.1 Å². The lowest BCUT2D eigenvalue weighted by Gasteiger charge is -2.08. The SMILES string of the molecule is COC(=O)c1c(-c2ccc(C)cc2)csc1NC(=O)CSc1nnc(COc2ccc(Br)cc2)n1C. The maximum absolute atomic E-state index is 12.7. The molecule has 36 heavy (non-hydrogen) atoms. The number of thiophene rings is 1. The molecule has 0 aliphatic heterocycles. The lowest BCUT2D eigenvalue weighted by Crippen LogP contribution is -2.16. The Balaban J connectivity index is 1.39. The predicted octanol–water partition coefficient (Wildman–Crippen LogP) is 5.71. The van der Waals surface area contributed by atoms with E-state index in [2.05, 4.69) is 31.4 Å². The van der Waals surface area contributed by atoms with Crippen molar-refractivity contribution >= 4 is 55.9 Å². The van der Waals surface area contributed by atoms with Crippen LogP contribution in [-0.2, 0) is 23.2 Å². The van der Waals surface area contributed by atoms with Crippen molar-refractivity contribution in [3.05, 3.63) is 75.3 Å². The Morgan fingerprint density at radius 2 is 1.83 bits per heavy atom. The molecule has 4 aromatic rings. The Bertz CT molecular complexity index is 1370. The first kappa shape index (κ1) is 25.9. The maximum atomic E-state index is 12.7. The van der Waals surface area contributed by atoms with E-state index in [1.54, 1.807) is 4.57 Å². The van der Waals surface area contributed by atoms with E-state index in [4.69, 9.17) is 9.47 Å². The lowest BCUT2D eigenvalue weighted by molar-refractivity contribution is -0.113. The van der Waals surface area contributed by atoms with Crippen LogP contribution >= 0.6 is 39.0 Å². The second-order valence-corrected chi connectivity index (χ2v) is 10.5. The highest BCUT2D eigenvalue weighted by Crippen LogP contribution is 2.36. The summed E-state index contributed by atoms with van der Waals surface area (Å²) in [6.07, 6.45) is 0. The average molecular weight is 588 g/mol. The summed E-state index contributed by atoms with van der Waals surface area (Å²) in [6.45, 7) is 2.24. The van der Waals surface area contributed by atoms with E-state index < -0.39 is 5.97 Å². The largest absolute Gasteiger partial charge is 0.486 e. The minimum atomic E-state index is -0.501. The van der Waals surface area contributed by atoms with Gasteiger partial charge in [-0.2, -0.15) is 0 Å². The van der Waals surface area contributed by atoms with E-state index in [1.165, 1.54) is 30.2 Å². The second kappa shape index (κ2) is 11.7. The van der Waals surface area contributed by atoms with Crippen LogP contribution in [0.15, 0.2) is 63.5 Å². The zero-order valence-corrected chi connectivity index (χ0v) is 23.0. The Labute approximate surface area is 225 Å². The third-order valence-electron chi connectivity index (χ3n) is 5.24. The molecule has 2 heterocycles. The number of hydrogen-bond acceptors (Lipinski definition) is 8. The number of carbonyl (C=O) groups excluding carboxylic acids is 2. The molecule has 0 aliphatic rings. The fraction of sp³-hybridized carbons (Fsp3) is 0.200. The van der Waals surface area contributed by atoms with Crippen molar-refractivity contribution in [2.24, 2.45) is 7.05 Å². The molecule has 0 aliphatic carbocycles. The van der Waals surface area contributed by atoms with E-state index in [0.717, 1.165) is 26.9 Å². The summed E-state index contributed by atoms with van der Waals surface area (Å²) >= 11 is 5.93. The third-order valence-corrected chi connectivity index (χ3v) is 7.68. The number of halogens is 1. The molecular formula is C25H23BrN4O4S2. The Kier molecular flexibility index (Phi) is 8.44. The van der Waals surface area contributed by atoms with Crippen molar-refractivity contribution in [2.75, 3.05) is 18.2 Å². The van der Waals surface area contributed by atoms with Crippen molar-refractivity contribution in [1.82, 2.24) is 14.8 Å². The smallest absolute Gasteiger partial charge is 0.341 e. The third kappa shape index (κ3) is 6.15. The lowest BCUT2D eigenvalue weighted by atomic mass is 10.0. The zero-order valence-electron chi connectivity index (χ0n) is 19.8. The molecule has 1 N–H and O–H groups in total. The van der Waals surface area contributed by atoms with Gasteiger partial charge in [-0.05, 0) is 36.8 Å². The van der Waals surface area contributed by atoms with Gasteiger partial charge in [0.25, 0.3) is 0 Å². The molecule has 11 heteroatoms. The summed E-state index contributed by atoms with van der Waals surface area (Å²) in [6, 6.07) is 15.3. The van der Waals surface area contributed by atoms with Gasteiger partial charge in [0.2, 0.25) is 5.91 Å². The summed E-state index contributed by atoms with van der Waals surface area (Å²) in [5, 5.41) is 14.1. The van der Waals surface area contributed by atoms with E-state index in [9.17, 15) is 9.59 Å². The first-order valence-electron chi connectivity index (χ1n) is 10.8. The summed E-state index contributed by atoms with van der Waals surface area (Å²) in [4.78, 5) is 25.3. The quantitative estimate of drug-likeness (QED) is 0.198. The van der Waals surface area contributed by atoms with Crippen LogP contribution in [0.1, 0.15) is 21.7 Å². The standard InChI is InChI=1S/C25H23BrN4O4S2/c1-15-4-6-16(7-5-15)19-13-35-23(22(19)24(32)33-3)27-21(31)14-36-25-29-28-20(30(25)2)12-34-18-10-8-17(26)9-11-18/h4-11,13H,12,14H2,1-3H3,(H,27,31). The van der Waals surface area contributed by atoms with Crippen molar-refractivity contribution in [2.45, 2.75) is 18.7 Å². The molecule has 0 radical (unpaired) electrons. The molecule has 2 aromatic heterocycles. The Hall–Kier alpha value is -3.15. The highest BCUT2D eigenvalue weighted by atomic mass is 79.9. The number of thioether (sulfide) groups is 1. The number of aromatic nitrogens is 3. The molecular weight excluding hydrogens is 564 g/mol. The van der Waals surface area contributed by atoms with Crippen molar-refractivity contribution in [3.8, 4) is 16.9 Å². The van der Waals surface area contributed by atoms with Crippen LogP contribution in [-0.4, -0.2) is 39.5 Å².